The molecule has 0 atom stereocenters. The topological polar surface area (TPSA) is 63.9 Å². The van der Waals surface area contributed by atoms with Crippen molar-refractivity contribution in [1.29, 1.82) is 0 Å². The molecule has 1 heterocycles. The number of nitrogens with two attached hydrogens (primary N) is 1. The lowest BCUT2D eigenvalue weighted by Crippen LogP contribution is -1.98. The SMILES string of the molecule is COc1ccccc1Cc1ncc(CN)[nH]1. The van der Waals surface area contributed by atoms with Gasteiger partial charge in [-0.3, -0.25) is 0 Å². The van der Waals surface area contributed by atoms with Gasteiger partial charge in [0.2, 0.25) is 0 Å². The number of aromatic nitrogens is 2. The Morgan fingerprint density at radius 1 is 1.38 bits per heavy atom. The third-order valence-corrected chi connectivity index (χ3v) is 2.45. The summed E-state index contributed by atoms with van der Waals surface area (Å²) in [5.74, 6) is 1.79. The molecule has 16 heavy (non-hydrogen) atoms. The van der Waals surface area contributed by atoms with E-state index in [0.29, 0.717) is 6.54 Å². The van der Waals surface area contributed by atoms with Crippen molar-refractivity contribution in [2.24, 2.45) is 5.73 Å². The number of para-hydroxylation sites is 1. The molecule has 0 fully saturated rings. The van der Waals surface area contributed by atoms with E-state index in [9.17, 15) is 0 Å². The Balaban J connectivity index is 2.19. The second kappa shape index (κ2) is 4.81. The van der Waals surface area contributed by atoms with Gasteiger partial charge in [0.15, 0.2) is 0 Å². The molecule has 1 aromatic heterocycles. The number of hydrogen-bond acceptors (Lipinski definition) is 3. The van der Waals surface area contributed by atoms with Crippen molar-refractivity contribution in [2.45, 2.75) is 13.0 Å². The highest BCUT2D eigenvalue weighted by Crippen LogP contribution is 2.19. The van der Waals surface area contributed by atoms with Crippen LogP contribution in [0.1, 0.15) is 17.1 Å². The highest BCUT2D eigenvalue weighted by molar-refractivity contribution is 5.35. The number of imidazole rings is 1. The molecule has 4 heteroatoms. The Bertz CT molecular complexity index is 465. The molecule has 0 bridgehead atoms. The van der Waals surface area contributed by atoms with Crippen molar-refractivity contribution in [3.05, 3.63) is 47.5 Å². The second-order valence-electron chi connectivity index (χ2n) is 3.55. The van der Waals surface area contributed by atoms with Gasteiger partial charge in [-0.2, -0.15) is 0 Å². The predicted octanol–water partition coefficient (Wildman–Crippen LogP) is 1.47. The summed E-state index contributed by atoms with van der Waals surface area (Å²) in [6.07, 6.45) is 2.49. The number of H-pyrrole nitrogens is 1. The zero-order valence-electron chi connectivity index (χ0n) is 9.23. The molecule has 0 amide bonds. The molecule has 3 N–H and O–H groups in total. The van der Waals surface area contributed by atoms with Crippen molar-refractivity contribution in [3.63, 3.8) is 0 Å². The zero-order valence-corrected chi connectivity index (χ0v) is 9.23. The number of aromatic amines is 1. The summed E-state index contributed by atoms with van der Waals surface area (Å²) in [5.41, 5.74) is 7.58. The van der Waals surface area contributed by atoms with E-state index in [1.807, 2.05) is 24.3 Å². The van der Waals surface area contributed by atoms with Gasteiger partial charge in [-0.25, -0.2) is 4.98 Å². The Hall–Kier alpha value is -1.81. The molecule has 0 saturated heterocycles. The third kappa shape index (κ3) is 2.23. The minimum absolute atomic E-state index is 0.485. The molecule has 0 aliphatic rings. The van der Waals surface area contributed by atoms with Crippen LogP contribution in [0.3, 0.4) is 0 Å². The monoisotopic (exact) mass is 217 g/mol. The van der Waals surface area contributed by atoms with Crippen LogP contribution in [0, 0.1) is 0 Å². The van der Waals surface area contributed by atoms with E-state index >= 15 is 0 Å². The Kier molecular flexibility index (Phi) is 3.22. The molecular formula is C12H15N3O. The van der Waals surface area contributed by atoms with Crippen LogP contribution in [0.25, 0.3) is 0 Å². The Labute approximate surface area is 94.5 Å². The fourth-order valence-electron chi connectivity index (χ4n) is 1.63. The van der Waals surface area contributed by atoms with E-state index in [1.54, 1.807) is 13.3 Å². The lowest BCUT2D eigenvalue weighted by atomic mass is 10.1. The van der Waals surface area contributed by atoms with Gasteiger partial charge in [-0.15, -0.1) is 0 Å². The lowest BCUT2D eigenvalue weighted by molar-refractivity contribution is 0.410. The molecule has 0 aliphatic carbocycles. The summed E-state index contributed by atoms with van der Waals surface area (Å²) in [6, 6.07) is 7.92. The first-order valence-corrected chi connectivity index (χ1v) is 5.18. The van der Waals surface area contributed by atoms with Gasteiger partial charge < -0.3 is 15.5 Å². The fourth-order valence-corrected chi connectivity index (χ4v) is 1.63. The van der Waals surface area contributed by atoms with Crippen molar-refractivity contribution < 1.29 is 4.74 Å². The minimum Gasteiger partial charge on any atom is -0.496 e. The number of nitrogens with zero attached hydrogens (tertiary/aromatic N) is 1. The maximum absolute atomic E-state index is 5.52. The Morgan fingerprint density at radius 3 is 2.88 bits per heavy atom. The number of methoxy groups -OCH3 is 1. The van der Waals surface area contributed by atoms with Gasteiger partial charge in [-0.1, -0.05) is 18.2 Å². The maximum atomic E-state index is 5.52. The zero-order chi connectivity index (χ0) is 11.4. The summed E-state index contributed by atoms with van der Waals surface area (Å²) >= 11 is 0. The lowest BCUT2D eigenvalue weighted by Gasteiger charge is -2.06. The van der Waals surface area contributed by atoms with Gasteiger partial charge in [0.25, 0.3) is 0 Å². The molecule has 0 unspecified atom stereocenters. The van der Waals surface area contributed by atoms with Crippen LogP contribution in [0.5, 0.6) is 5.75 Å². The largest absolute Gasteiger partial charge is 0.496 e. The normalized spacial score (nSPS) is 10.4. The summed E-state index contributed by atoms with van der Waals surface area (Å²) in [5, 5.41) is 0. The highest BCUT2D eigenvalue weighted by Gasteiger charge is 2.05. The average Bonchev–Trinajstić information content (AvgIpc) is 2.77. The average molecular weight is 217 g/mol. The molecule has 84 valence electrons. The molecule has 2 aromatic rings. The molecule has 0 spiro atoms. The first-order valence-electron chi connectivity index (χ1n) is 5.18. The molecule has 1 aromatic carbocycles. The Morgan fingerprint density at radius 2 is 2.19 bits per heavy atom. The van der Waals surface area contributed by atoms with E-state index in [4.69, 9.17) is 10.5 Å². The van der Waals surface area contributed by atoms with Crippen LogP contribution in [0.15, 0.2) is 30.5 Å². The summed E-state index contributed by atoms with van der Waals surface area (Å²) in [7, 11) is 1.67. The van der Waals surface area contributed by atoms with Gasteiger partial charge in [0.05, 0.1) is 7.11 Å². The van der Waals surface area contributed by atoms with Gasteiger partial charge >= 0.3 is 0 Å². The van der Waals surface area contributed by atoms with Crippen LogP contribution in [0.4, 0.5) is 0 Å². The highest BCUT2D eigenvalue weighted by atomic mass is 16.5. The number of benzene rings is 1. The van der Waals surface area contributed by atoms with Crippen molar-refractivity contribution in [3.8, 4) is 5.75 Å². The van der Waals surface area contributed by atoms with Crippen LogP contribution in [-0.2, 0) is 13.0 Å². The van der Waals surface area contributed by atoms with E-state index in [2.05, 4.69) is 9.97 Å². The first kappa shape index (κ1) is 10.7. The second-order valence-corrected chi connectivity index (χ2v) is 3.55. The van der Waals surface area contributed by atoms with E-state index < -0.39 is 0 Å². The van der Waals surface area contributed by atoms with Crippen LogP contribution < -0.4 is 10.5 Å². The van der Waals surface area contributed by atoms with E-state index in [1.165, 1.54) is 0 Å². The number of rotatable bonds is 4. The quantitative estimate of drug-likeness (QED) is 0.815. The molecular weight excluding hydrogens is 202 g/mol. The third-order valence-electron chi connectivity index (χ3n) is 2.45. The van der Waals surface area contributed by atoms with Crippen molar-refractivity contribution >= 4 is 0 Å². The van der Waals surface area contributed by atoms with Crippen LogP contribution in [0.2, 0.25) is 0 Å². The molecule has 0 saturated carbocycles. The van der Waals surface area contributed by atoms with Crippen LogP contribution in [-0.4, -0.2) is 17.1 Å². The summed E-state index contributed by atoms with van der Waals surface area (Å²) < 4.78 is 5.28. The molecule has 0 aliphatic heterocycles. The number of nitrogens with one attached hydrogen (secondary N) is 1. The predicted molar refractivity (Wildman–Crippen MR) is 62.3 cm³/mol. The number of ether oxygens (including phenoxy) is 1. The minimum atomic E-state index is 0.485. The van der Waals surface area contributed by atoms with E-state index in [-0.39, 0.29) is 0 Å². The van der Waals surface area contributed by atoms with Gasteiger partial charge in [-0.05, 0) is 6.07 Å². The van der Waals surface area contributed by atoms with Crippen LogP contribution >= 0.6 is 0 Å². The molecule has 4 nitrogen and oxygen atoms in total. The fraction of sp³-hybridized carbons (Fsp3) is 0.250. The summed E-state index contributed by atoms with van der Waals surface area (Å²) in [6.45, 7) is 0.485. The van der Waals surface area contributed by atoms with Gasteiger partial charge in [0, 0.05) is 30.4 Å². The number of hydrogen-bond donors (Lipinski definition) is 2. The standard InChI is InChI=1S/C12H15N3O/c1-16-11-5-3-2-4-9(11)6-12-14-8-10(7-13)15-12/h2-5,8H,6-7,13H2,1H3,(H,14,15). The van der Waals surface area contributed by atoms with E-state index in [0.717, 1.165) is 29.3 Å². The molecule has 0 radical (unpaired) electrons. The smallest absolute Gasteiger partial charge is 0.122 e. The molecule has 2 rings (SSSR count). The first-order chi connectivity index (χ1) is 7.83. The summed E-state index contributed by atoms with van der Waals surface area (Å²) in [4.78, 5) is 7.44. The van der Waals surface area contributed by atoms with Crippen molar-refractivity contribution in [2.75, 3.05) is 7.11 Å². The van der Waals surface area contributed by atoms with Gasteiger partial charge in [0.1, 0.15) is 11.6 Å². The van der Waals surface area contributed by atoms with Crippen molar-refractivity contribution in [1.82, 2.24) is 9.97 Å². The maximum Gasteiger partial charge on any atom is 0.122 e.